The lowest BCUT2D eigenvalue weighted by Gasteiger charge is -2.30. The van der Waals surface area contributed by atoms with E-state index in [9.17, 15) is 4.39 Å². The molecule has 5 nitrogen and oxygen atoms in total. The Morgan fingerprint density at radius 2 is 2.14 bits per heavy atom. The molecule has 2 aromatic rings. The van der Waals surface area contributed by atoms with E-state index in [-0.39, 0.29) is 18.2 Å². The summed E-state index contributed by atoms with van der Waals surface area (Å²) in [7, 11) is 0. The Kier molecular flexibility index (Phi) is 5.27. The van der Waals surface area contributed by atoms with Crippen LogP contribution in [0.1, 0.15) is 12.8 Å². The summed E-state index contributed by atoms with van der Waals surface area (Å²) in [4.78, 5) is 6.65. The summed E-state index contributed by atoms with van der Waals surface area (Å²) in [5, 5.41) is 7.34. The predicted molar refractivity (Wildman–Crippen MR) is 79.7 cm³/mol. The third kappa shape index (κ3) is 4.00. The zero-order valence-electron chi connectivity index (χ0n) is 11.8. The quantitative estimate of drug-likeness (QED) is 0.940. The van der Waals surface area contributed by atoms with Crippen molar-refractivity contribution in [3.63, 3.8) is 0 Å². The molecule has 0 bridgehead atoms. The van der Waals surface area contributed by atoms with Crippen LogP contribution in [-0.4, -0.2) is 40.7 Å². The van der Waals surface area contributed by atoms with E-state index in [2.05, 4.69) is 27.3 Å². The van der Waals surface area contributed by atoms with Gasteiger partial charge in [0.25, 0.3) is 0 Å². The smallest absolute Gasteiger partial charge is 0.241 e. The Morgan fingerprint density at radius 3 is 2.86 bits per heavy atom. The van der Waals surface area contributed by atoms with Gasteiger partial charge in [-0.15, -0.1) is 12.4 Å². The molecule has 114 valence electrons. The maximum Gasteiger partial charge on any atom is 0.241 e. The molecule has 0 amide bonds. The molecule has 0 saturated carbocycles. The Bertz CT molecular complexity index is 575. The molecule has 0 spiro atoms. The largest absolute Gasteiger partial charge is 0.338 e. The van der Waals surface area contributed by atoms with Gasteiger partial charge in [-0.3, -0.25) is 4.90 Å². The number of hydrogen-bond donors (Lipinski definition) is 1. The summed E-state index contributed by atoms with van der Waals surface area (Å²) in [5.41, 5.74) is 0.759. The Balaban J connectivity index is 0.00000161. The van der Waals surface area contributed by atoms with Gasteiger partial charge in [0.2, 0.25) is 11.7 Å². The zero-order chi connectivity index (χ0) is 13.9. The number of nitrogens with zero attached hydrogens (tertiary/aromatic N) is 3. The minimum Gasteiger partial charge on any atom is -0.338 e. The highest BCUT2D eigenvalue weighted by Gasteiger charge is 2.18. The van der Waals surface area contributed by atoms with Gasteiger partial charge in [0.1, 0.15) is 5.82 Å². The molecule has 1 fully saturated rings. The van der Waals surface area contributed by atoms with E-state index in [0.717, 1.165) is 25.2 Å². The van der Waals surface area contributed by atoms with E-state index in [1.54, 1.807) is 12.1 Å². The fourth-order valence-corrected chi connectivity index (χ4v) is 2.38. The van der Waals surface area contributed by atoms with Gasteiger partial charge in [0, 0.05) is 31.2 Å². The molecule has 2 heterocycles. The second kappa shape index (κ2) is 6.98. The van der Waals surface area contributed by atoms with Crippen LogP contribution in [-0.2, 0) is 6.54 Å². The molecule has 3 rings (SSSR count). The minimum absolute atomic E-state index is 0. The molecule has 21 heavy (non-hydrogen) atoms. The summed E-state index contributed by atoms with van der Waals surface area (Å²) in [5.74, 6) is 0.828. The number of benzene rings is 1. The summed E-state index contributed by atoms with van der Waals surface area (Å²) >= 11 is 0. The van der Waals surface area contributed by atoms with E-state index < -0.39 is 0 Å². The molecule has 0 radical (unpaired) electrons. The van der Waals surface area contributed by atoms with Gasteiger partial charge in [-0.05, 0) is 31.2 Å². The lowest BCUT2D eigenvalue weighted by molar-refractivity contribution is 0.177. The summed E-state index contributed by atoms with van der Waals surface area (Å²) in [6.07, 6.45) is 0. The van der Waals surface area contributed by atoms with Crippen molar-refractivity contribution in [3.05, 3.63) is 36.0 Å². The van der Waals surface area contributed by atoms with Gasteiger partial charge in [0.05, 0.1) is 6.54 Å². The molecule has 1 aromatic heterocycles. The van der Waals surface area contributed by atoms with Crippen molar-refractivity contribution in [2.45, 2.75) is 19.5 Å². The first kappa shape index (κ1) is 15.9. The van der Waals surface area contributed by atoms with Crippen molar-refractivity contribution >= 4 is 12.4 Å². The number of rotatable bonds is 3. The summed E-state index contributed by atoms with van der Waals surface area (Å²) < 4.78 is 18.1. The first-order valence-corrected chi connectivity index (χ1v) is 6.75. The van der Waals surface area contributed by atoms with Crippen molar-refractivity contribution in [1.82, 2.24) is 20.4 Å². The Morgan fingerprint density at radius 1 is 1.38 bits per heavy atom. The van der Waals surface area contributed by atoms with Crippen molar-refractivity contribution < 1.29 is 8.91 Å². The third-order valence-corrected chi connectivity index (χ3v) is 3.38. The number of aromatic nitrogens is 2. The molecular weight excluding hydrogens is 295 g/mol. The van der Waals surface area contributed by atoms with E-state index in [4.69, 9.17) is 4.52 Å². The van der Waals surface area contributed by atoms with Crippen molar-refractivity contribution in [1.29, 1.82) is 0 Å². The van der Waals surface area contributed by atoms with Crippen LogP contribution in [0, 0.1) is 5.82 Å². The number of halogens is 2. The molecule has 1 aliphatic heterocycles. The lowest BCUT2D eigenvalue weighted by atomic mass is 10.2. The van der Waals surface area contributed by atoms with Crippen LogP contribution in [0.25, 0.3) is 11.4 Å². The fraction of sp³-hybridized carbons (Fsp3) is 0.429. The minimum atomic E-state index is -0.271. The summed E-state index contributed by atoms with van der Waals surface area (Å²) in [6, 6.07) is 6.56. The van der Waals surface area contributed by atoms with Gasteiger partial charge in [0.15, 0.2) is 0 Å². The third-order valence-electron chi connectivity index (χ3n) is 3.38. The molecule has 0 aliphatic carbocycles. The fourth-order valence-electron chi connectivity index (χ4n) is 2.38. The van der Waals surface area contributed by atoms with Crippen molar-refractivity contribution in [2.24, 2.45) is 0 Å². The predicted octanol–water partition coefficient (Wildman–Crippen LogP) is 2.09. The van der Waals surface area contributed by atoms with Gasteiger partial charge in [-0.25, -0.2) is 4.39 Å². The molecule has 1 saturated heterocycles. The van der Waals surface area contributed by atoms with E-state index in [0.29, 0.717) is 24.3 Å². The topological polar surface area (TPSA) is 54.2 Å². The number of nitrogens with one attached hydrogen (secondary N) is 1. The number of hydrogen-bond acceptors (Lipinski definition) is 5. The van der Waals surface area contributed by atoms with Crippen molar-refractivity contribution in [3.8, 4) is 11.4 Å². The normalized spacial score (nSPS) is 19.2. The van der Waals surface area contributed by atoms with Gasteiger partial charge < -0.3 is 9.84 Å². The van der Waals surface area contributed by atoms with Gasteiger partial charge in [-0.2, -0.15) is 4.98 Å². The van der Waals surface area contributed by atoms with Gasteiger partial charge in [-0.1, -0.05) is 5.16 Å². The molecule has 1 aliphatic rings. The SMILES string of the molecule is CC1CN(Cc2nc(-c3ccc(F)cc3)no2)CCN1.Cl. The summed E-state index contributed by atoms with van der Waals surface area (Å²) in [6.45, 7) is 5.72. The Hall–Kier alpha value is -1.50. The van der Waals surface area contributed by atoms with Gasteiger partial charge >= 0.3 is 0 Å². The highest BCUT2D eigenvalue weighted by Crippen LogP contribution is 2.17. The second-order valence-corrected chi connectivity index (χ2v) is 5.11. The first-order valence-electron chi connectivity index (χ1n) is 6.75. The average molecular weight is 313 g/mol. The maximum atomic E-state index is 12.9. The average Bonchev–Trinajstić information content (AvgIpc) is 2.88. The van der Waals surface area contributed by atoms with E-state index >= 15 is 0 Å². The van der Waals surface area contributed by atoms with Crippen LogP contribution in [0.4, 0.5) is 4.39 Å². The molecule has 1 N–H and O–H groups in total. The van der Waals surface area contributed by atoms with E-state index in [1.165, 1.54) is 12.1 Å². The van der Waals surface area contributed by atoms with Crippen LogP contribution < -0.4 is 5.32 Å². The van der Waals surface area contributed by atoms with Crippen LogP contribution in [0.15, 0.2) is 28.8 Å². The molecular formula is C14H18ClFN4O. The molecule has 1 unspecified atom stereocenters. The van der Waals surface area contributed by atoms with Crippen LogP contribution in [0.3, 0.4) is 0 Å². The Labute approximate surface area is 128 Å². The first-order chi connectivity index (χ1) is 9.70. The standard InChI is InChI=1S/C14H17FN4O.ClH/c1-10-8-19(7-6-16-10)9-13-17-14(18-20-13)11-2-4-12(15)5-3-11;/h2-5,10,16H,6-9H2,1H3;1H. The lowest BCUT2D eigenvalue weighted by Crippen LogP contribution is -2.48. The highest BCUT2D eigenvalue weighted by atomic mass is 35.5. The second-order valence-electron chi connectivity index (χ2n) is 5.11. The number of piperazine rings is 1. The van der Waals surface area contributed by atoms with Crippen molar-refractivity contribution in [2.75, 3.05) is 19.6 Å². The van der Waals surface area contributed by atoms with E-state index in [1.807, 2.05) is 0 Å². The monoisotopic (exact) mass is 312 g/mol. The highest BCUT2D eigenvalue weighted by molar-refractivity contribution is 5.85. The van der Waals surface area contributed by atoms with Crippen LogP contribution in [0.2, 0.25) is 0 Å². The molecule has 1 aromatic carbocycles. The molecule has 1 atom stereocenters. The molecule has 7 heteroatoms. The van der Waals surface area contributed by atoms with Crippen LogP contribution in [0.5, 0.6) is 0 Å². The zero-order valence-corrected chi connectivity index (χ0v) is 12.6. The van der Waals surface area contributed by atoms with Crippen LogP contribution >= 0.6 is 12.4 Å². The maximum absolute atomic E-state index is 12.9.